The third-order valence-electron chi connectivity index (χ3n) is 3.88. The largest absolute Gasteiger partial charge is 0.480 e. The van der Waals surface area contributed by atoms with E-state index in [9.17, 15) is 19.5 Å². The van der Waals surface area contributed by atoms with Crippen molar-refractivity contribution in [3.8, 4) is 0 Å². The summed E-state index contributed by atoms with van der Waals surface area (Å²) in [6.45, 7) is 3.79. The van der Waals surface area contributed by atoms with Gasteiger partial charge in [0.2, 0.25) is 5.91 Å². The van der Waals surface area contributed by atoms with Gasteiger partial charge in [-0.15, -0.1) is 0 Å². The quantitative estimate of drug-likeness (QED) is 0.662. The molecule has 0 saturated heterocycles. The Morgan fingerprint density at radius 2 is 1.85 bits per heavy atom. The number of carboxylic acids is 1. The Balaban J connectivity index is 2.07. The molecule has 1 atom stereocenters. The maximum atomic E-state index is 12.3. The van der Waals surface area contributed by atoms with Crippen LogP contribution in [0.4, 0.5) is 5.69 Å². The minimum atomic E-state index is -1.06. The van der Waals surface area contributed by atoms with Crippen LogP contribution in [-0.2, 0) is 16.0 Å². The van der Waals surface area contributed by atoms with Gasteiger partial charge in [0.1, 0.15) is 6.04 Å². The van der Waals surface area contributed by atoms with E-state index in [2.05, 4.69) is 15.6 Å². The lowest BCUT2D eigenvalue weighted by molar-refractivity contribution is -0.142. The number of carboxylic acid groups (broad SMARTS) is 1. The number of para-hydroxylation sites is 1. The highest BCUT2D eigenvalue weighted by Gasteiger charge is 2.21. The number of nitrogens with zero attached hydrogens (tertiary/aromatic N) is 1. The van der Waals surface area contributed by atoms with Gasteiger partial charge in [-0.05, 0) is 36.1 Å². The Hall–Kier alpha value is -3.22. The molecule has 7 heteroatoms. The van der Waals surface area contributed by atoms with E-state index in [4.69, 9.17) is 0 Å². The monoisotopic (exact) mass is 369 g/mol. The molecule has 2 amide bonds. The molecule has 142 valence electrons. The molecule has 7 nitrogen and oxygen atoms in total. The molecule has 2 rings (SSSR count). The van der Waals surface area contributed by atoms with Gasteiger partial charge in [-0.2, -0.15) is 0 Å². The summed E-state index contributed by atoms with van der Waals surface area (Å²) in [6, 6.07) is 9.28. The highest BCUT2D eigenvalue weighted by molar-refractivity contribution is 6.04. The summed E-state index contributed by atoms with van der Waals surface area (Å²) < 4.78 is 0. The number of aromatic nitrogens is 1. The molecule has 0 aliphatic heterocycles. The average molecular weight is 369 g/mol. The first kappa shape index (κ1) is 20.1. The number of anilines is 1. The van der Waals surface area contributed by atoms with Gasteiger partial charge in [-0.3, -0.25) is 14.6 Å². The van der Waals surface area contributed by atoms with Gasteiger partial charge in [0.15, 0.2) is 0 Å². The lowest BCUT2D eigenvalue weighted by Crippen LogP contribution is -2.42. The van der Waals surface area contributed by atoms with E-state index < -0.39 is 17.9 Å². The first-order valence-electron chi connectivity index (χ1n) is 8.68. The van der Waals surface area contributed by atoms with E-state index >= 15 is 0 Å². The van der Waals surface area contributed by atoms with Crippen LogP contribution in [0.1, 0.15) is 36.2 Å². The van der Waals surface area contributed by atoms with Crippen LogP contribution in [0.5, 0.6) is 0 Å². The third-order valence-corrected chi connectivity index (χ3v) is 3.88. The fourth-order valence-electron chi connectivity index (χ4n) is 2.60. The molecule has 0 radical (unpaired) electrons. The van der Waals surface area contributed by atoms with Crippen LogP contribution in [-0.4, -0.2) is 33.9 Å². The van der Waals surface area contributed by atoms with Crippen molar-refractivity contribution in [1.29, 1.82) is 0 Å². The second-order valence-corrected chi connectivity index (χ2v) is 6.62. The molecule has 2 aromatic rings. The number of pyridine rings is 1. The lowest BCUT2D eigenvalue weighted by Gasteiger charge is -2.17. The summed E-state index contributed by atoms with van der Waals surface area (Å²) in [4.78, 5) is 39.9. The van der Waals surface area contributed by atoms with Crippen LogP contribution >= 0.6 is 0 Å². The lowest BCUT2D eigenvalue weighted by atomic mass is 10.0. The van der Waals surface area contributed by atoms with E-state index in [1.165, 1.54) is 6.20 Å². The second kappa shape index (κ2) is 9.47. The summed E-state index contributed by atoms with van der Waals surface area (Å²) in [5.41, 5.74) is 1.50. The van der Waals surface area contributed by atoms with Crippen LogP contribution in [0.25, 0.3) is 0 Å². The summed E-state index contributed by atoms with van der Waals surface area (Å²) >= 11 is 0. The predicted octanol–water partition coefficient (Wildman–Crippen LogP) is 2.49. The molecule has 0 bridgehead atoms. The molecule has 1 unspecified atom stereocenters. The Morgan fingerprint density at radius 1 is 1.11 bits per heavy atom. The maximum absolute atomic E-state index is 12.3. The zero-order chi connectivity index (χ0) is 19.8. The molecule has 27 heavy (non-hydrogen) atoms. The highest BCUT2D eigenvalue weighted by atomic mass is 16.4. The standard InChI is InChI=1S/C20H23N3O4/c1-13(2)10-17(20(26)27)22-18(24)11-14-6-3-4-8-16(14)23-19(25)15-7-5-9-21-12-15/h3-9,12-13,17H,10-11H2,1-2H3,(H,22,24)(H,23,25)(H,26,27). The third kappa shape index (κ3) is 6.22. The minimum Gasteiger partial charge on any atom is -0.480 e. The minimum absolute atomic E-state index is 0.0363. The van der Waals surface area contributed by atoms with Crippen molar-refractivity contribution in [3.05, 3.63) is 59.9 Å². The molecule has 0 spiro atoms. The fourth-order valence-corrected chi connectivity index (χ4v) is 2.60. The average Bonchev–Trinajstić information content (AvgIpc) is 2.63. The molecule has 0 aliphatic carbocycles. The Morgan fingerprint density at radius 3 is 2.48 bits per heavy atom. The van der Waals surface area contributed by atoms with E-state index in [1.807, 2.05) is 13.8 Å². The smallest absolute Gasteiger partial charge is 0.326 e. The van der Waals surface area contributed by atoms with Crippen LogP contribution < -0.4 is 10.6 Å². The number of aliphatic carboxylic acids is 1. The summed E-state index contributed by atoms with van der Waals surface area (Å²) in [6.07, 6.45) is 3.34. The number of amides is 2. The van der Waals surface area contributed by atoms with Gasteiger partial charge in [0, 0.05) is 18.1 Å². The number of benzene rings is 1. The maximum Gasteiger partial charge on any atom is 0.326 e. The topological polar surface area (TPSA) is 108 Å². The molecule has 0 saturated carbocycles. The number of nitrogens with one attached hydrogen (secondary N) is 2. The van der Waals surface area contributed by atoms with Gasteiger partial charge >= 0.3 is 5.97 Å². The van der Waals surface area contributed by atoms with E-state index in [0.29, 0.717) is 23.2 Å². The Labute approximate surface area is 157 Å². The number of hydrogen-bond donors (Lipinski definition) is 3. The fraction of sp³-hybridized carbons (Fsp3) is 0.300. The first-order valence-corrected chi connectivity index (χ1v) is 8.68. The van der Waals surface area contributed by atoms with Gasteiger partial charge < -0.3 is 15.7 Å². The van der Waals surface area contributed by atoms with Gasteiger partial charge in [-0.1, -0.05) is 32.0 Å². The summed E-state index contributed by atoms with van der Waals surface area (Å²) in [7, 11) is 0. The number of carbonyl (C=O) groups is 3. The summed E-state index contributed by atoms with van der Waals surface area (Å²) in [5, 5.41) is 14.6. The SMILES string of the molecule is CC(C)CC(NC(=O)Cc1ccccc1NC(=O)c1cccnc1)C(=O)O. The van der Waals surface area contributed by atoms with Crippen molar-refractivity contribution < 1.29 is 19.5 Å². The van der Waals surface area contributed by atoms with E-state index in [-0.39, 0.29) is 18.2 Å². The number of hydrogen-bond acceptors (Lipinski definition) is 4. The van der Waals surface area contributed by atoms with Gasteiger partial charge in [0.05, 0.1) is 12.0 Å². The molecule has 0 aliphatic rings. The van der Waals surface area contributed by atoms with Gasteiger partial charge in [-0.25, -0.2) is 4.79 Å². The summed E-state index contributed by atoms with van der Waals surface area (Å²) in [5.74, 6) is -1.67. The zero-order valence-corrected chi connectivity index (χ0v) is 15.3. The Kier molecular flexibility index (Phi) is 7.05. The van der Waals surface area contributed by atoms with E-state index in [0.717, 1.165) is 0 Å². The molecular formula is C20H23N3O4. The first-order chi connectivity index (χ1) is 12.9. The van der Waals surface area contributed by atoms with Crippen molar-refractivity contribution in [2.45, 2.75) is 32.7 Å². The Bertz CT molecular complexity index is 806. The molecule has 3 N–H and O–H groups in total. The molecule has 1 aromatic heterocycles. The number of rotatable bonds is 8. The molecule has 0 fully saturated rings. The van der Waals surface area contributed by atoms with Crippen molar-refractivity contribution in [1.82, 2.24) is 10.3 Å². The van der Waals surface area contributed by atoms with Crippen LogP contribution in [0.2, 0.25) is 0 Å². The van der Waals surface area contributed by atoms with Crippen LogP contribution in [0.3, 0.4) is 0 Å². The highest BCUT2D eigenvalue weighted by Crippen LogP contribution is 2.17. The van der Waals surface area contributed by atoms with Crippen molar-refractivity contribution >= 4 is 23.5 Å². The van der Waals surface area contributed by atoms with Crippen molar-refractivity contribution in [3.63, 3.8) is 0 Å². The van der Waals surface area contributed by atoms with Crippen molar-refractivity contribution in [2.24, 2.45) is 5.92 Å². The normalized spacial score (nSPS) is 11.7. The van der Waals surface area contributed by atoms with Gasteiger partial charge in [0.25, 0.3) is 5.91 Å². The van der Waals surface area contributed by atoms with E-state index in [1.54, 1.807) is 42.6 Å². The molecular weight excluding hydrogens is 346 g/mol. The second-order valence-electron chi connectivity index (χ2n) is 6.62. The predicted molar refractivity (Wildman–Crippen MR) is 101 cm³/mol. The number of carbonyl (C=O) groups excluding carboxylic acids is 2. The zero-order valence-electron chi connectivity index (χ0n) is 15.3. The van der Waals surface area contributed by atoms with Crippen LogP contribution in [0, 0.1) is 5.92 Å². The van der Waals surface area contributed by atoms with Crippen molar-refractivity contribution in [2.75, 3.05) is 5.32 Å². The molecule has 1 heterocycles. The van der Waals surface area contributed by atoms with Crippen LogP contribution in [0.15, 0.2) is 48.8 Å². The molecule has 1 aromatic carbocycles.